The summed E-state index contributed by atoms with van der Waals surface area (Å²) in [5.41, 5.74) is 1.27. The van der Waals surface area contributed by atoms with Gasteiger partial charge in [-0.05, 0) is 31.0 Å². The van der Waals surface area contributed by atoms with E-state index < -0.39 is 6.10 Å². The predicted octanol–water partition coefficient (Wildman–Crippen LogP) is 2.57. The maximum atomic E-state index is 13.4. The van der Waals surface area contributed by atoms with Gasteiger partial charge in [0.15, 0.2) is 0 Å². The van der Waals surface area contributed by atoms with Crippen LogP contribution in [-0.2, 0) is 6.54 Å². The summed E-state index contributed by atoms with van der Waals surface area (Å²) in [6, 6.07) is 4.85. The summed E-state index contributed by atoms with van der Waals surface area (Å²) in [5, 5.41) is 12.6. The molecule has 4 nitrogen and oxygen atoms in total. The third kappa shape index (κ3) is 3.40. The molecular formula is C14H15FN2O2S. The van der Waals surface area contributed by atoms with Gasteiger partial charge in [0, 0.05) is 6.54 Å². The molecule has 2 aromatic rings. The van der Waals surface area contributed by atoms with E-state index >= 15 is 0 Å². The summed E-state index contributed by atoms with van der Waals surface area (Å²) in [4.78, 5) is 16.3. The number of aryl methyl sites for hydroxylation is 1. The molecule has 0 fully saturated rings. The first-order chi connectivity index (χ1) is 9.47. The molecule has 0 aliphatic heterocycles. The molecule has 2 rings (SSSR count). The van der Waals surface area contributed by atoms with Crippen molar-refractivity contribution in [2.75, 3.05) is 0 Å². The highest BCUT2D eigenvalue weighted by molar-refractivity contribution is 7.13. The second-order valence-electron chi connectivity index (χ2n) is 4.50. The van der Waals surface area contributed by atoms with Crippen LogP contribution < -0.4 is 5.32 Å². The smallest absolute Gasteiger partial charge is 0.263 e. The van der Waals surface area contributed by atoms with Gasteiger partial charge in [-0.15, -0.1) is 11.3 Å². The van der Waals surface area contributed by atoms with Crippen LogP contribution in [0, 0.1) is 12.7 Å². The molecule has 0 aliphatic rings. The first kappa shape index (κ1) is 14.6. The van der Waals surface area contributed by atoms with Crippen LogP contribution in [0.4, 0.5) is 4.39 Å². The van der Waals surface area contributed by atoms with Crippen molar-refractivity contribution in [3.63, 3.8) is 0 Å². The lowest BCUT2D eigenvalue weighted by Gasteiger charge is -2.05. The number of carbonyl (C=O) groups is 1. The number of benzene rings is 1. The molecule has 0 bridgehead atoms. The fourth-order valence-electron chi connectivity index (χ4n) is 1.60. The van der Waals surface area contributed by atoms with Gasteiger partial charge in [0.25, 0.3) is 5.91 Å². The van der Waals surface area contributed by atoms with Crippen molar-refractivity contribution in [1.29, 1.82) is 0 Å². The molecule has 0 radical (unpaired) electrons. The number of halogens is 1. The molecule has 0 saturated carbocycles. The lowest BCUT2D eigenvalue weighted by atomic mass is 10.1. The molecule has 2 N–H and O–H groups in total. The van der Waals surface area contributed by atoms with Crippen LogP contribution in [0.25, 0.3) is 0 Å². The summed E-state index contributed by atoms with van der Waals surface area (Å²) in [6.45, 7) is 3.53. The van der Waals surface area contributed by atoms with E-state index in [4.69, 9.17) is 0 Å². The lowest BCUT2D eigenvalue weighted by Crippen LogP contribution is -2.21. The van der Waals surface area contributed by atoms with Crippen LogP contribution >= 0.6 is 11.3 Å². The predicted molar refractivity (Wildman–Crippen MR) is 75.1 cm³/mol. The highest BCUT2D eigenvalue weighted by Crippen LogP contribution is 2.19. The van der Waals surface area contributed by atoms with Gasteiger partial charge in [0.1, 0.15) is 21.8 Å². The largest absolute Gasteiger partial charge is 0.386 e. The van der Waals surface area contributed by atoms with Gasteiger partial charge in [0.2, 0.25) is 0 Å². The second-order valence-corrected chi connectivity index (χ2v) is 5.57. The van der Waals surface area contributed by atoms with Crippen LogP contribution in [0.2, 0.25) is 0 Å². The van der Waals surface area contributed by atoms with Crippen molar-refractivity contribution in [1.82, 2.24) is 10.3 Å². The van der Waals surface area contributed by atoms with E-state index in [9.17, 15) is 14.3 Å². The number of thiazole rings is 1. The number of amides is 1. The van der Waals surface area contributed by atoms with Gasteiger partial charge >= 0.3 is 0 Å². The second kappa shape index (κ2) is 6.11. The average molecular weight is 294 g/mol. The third-order valence-electron chi connectivity index (χ3n) is 2.79. The number of rotatable bonds is 4. The zero-order valence-electron chi connectivity index (χ0n) is 11.2. The third-order valence-corrected chi connectivity index (χ3v) is 3.96. The number of nitrogens with zero attached hydrogens (tertiary/aromatic N) is 1. The lowest BCUT2D eigenvalue weighted by molar-refractivity contribution is 0.0954. The van der Waals surface area contributed by atoms with Gasteiger partial charge in [-0.25, -0.2) is 9.37 Å². The Morgan fingerprint density at radius 1 is 1.55 bits per heavy atom. The van der Waals surface area contributed by atoms with E-state index in [1.807, 2.05) is 0 Å². The molecule has 6 heteroatoms. The number of aliphatic hydroxyl groups excluding tert-OH is 1. The van der Waals surface area contributed by atoms with E-state index in [0.717, 1.165) is 11.3 Å². The summed E-state index contributed by atoms with van der Waals surface area (Å²) in [7, 11) is 0. The Morgan fingerprint density at radius 3 is 2.90 bits per heavy atom. The highest BCUT2D eigenvalue weighted by atomic mass is 32.1. The van der Waals surface area contributed by atoms with Crippen LogP contribution in [0.3, 0.4) is 0 Å². The minimum absolute atomic E-state index is 0.248. The normalized spacial score (nSPS) is 12.2. The highest BCUT2D eigenvalue weighted by Gasteiger charge is 2.13. The zero-order valence-corrected chi connectivity index (χ0v) is 12.0. The Labute approximate surface area is 120 Å². The van der Waals surface area contributed by atoms with E-state index in [1.165, 1.54) is 12.3 Å². The molecule has 20 heavy (non-hydrogen) atoms. The van der Waals surface area contributed by atoms with Crippen LogP contribution in [-0.4, -0.2) is 16.0 Å². The topological polar surface area (TPSA) is 62.2 Å². The van der Waals surface area contributed by atoms with Crippen molar-refractivity contribution in [2.45, 2.75) is 26.5 Å². The average Bonchev–Trinajstić information content (AvgIpc) is 2.89. The molecule has 0 aliphatic carbocycles. The number of hydrogen-bond donors (Lipinski definition) is 2. The minimum atomic E-state index is -0.687. The molecule has 1 amide bonds. The summed E-state index contributed by atoms with van der Waals surface area (Å²) in [6.07, 6.45) is 0.741. The van der Waals surface area contributed by atoms with Crippen LogP contribution in [0.5, 0.6) is 0 Å². The fourth-order valence-corrected chi connectivity index (χ4v) is 2.37. The van der Waals surface area contributed by atoms with Crippen molar-refractivity contribution in [2.24, 2.45) is 0 Å². The summed E-state index contributed by atoms with van der Waals surface area (Å²) >= 11 is 1.14. The van der Waals surface area contributed by atoms with Crippen molar-refractivity contribution < 1.29 is 14.3 Å². The van der Waals surface area contributed by atoms with Crippen molar-refractivity contribution in [3.05, 3.63) is 51.2 Å². The molecule has 1 atom stereocenters. The maximum absolute atomic E-state index is 13.4. The van der Waals surface area contributed by atoms with E-state index in [0.29, 0.717) is 21.0 Å². The Morgan fingerprint density at radius 2 is 2.30 bits per heavy atom. The Balaban J connectivity index is 1.99. The van der Waals surface area contributed by atoms with Gasteiger partial charge in [-0.2, -0.15) is 0 Å². The quantitative estimate of drug-likeness (QED) is 0.911. The fraction of sp³-hybridized carbons (Fsp3) is 0.286. The molecule has 1 aromatic carbocycles. The summed E-state index contributed by atoms with van der Waals surface area (Å²) in [5.74, 6) is -0.568. The van der Waals surface area contributed by atoms with E-state index in [2.05, 4.69) is 10.3 Å². The van der Waals surface area contributed by atoms with E-state index in [-0.39, 0.29) is 18.3 Å². The van der Waals surface area contributed by atoms with Crippen LogP contribution in [0.15, 0.2) is 24.4 Å². The van der Waals surface area contributed by atoms with E-state index in [1.54, 1.807) is 26.0 Å². The Hall–Kier alpha value is -1.79. The molecule has 106 valence electrons. The van der Waals surface area contributed by atoms with Gasteiger partial charge in [-0.3, -0.25) is 4.79 Å². The zero-order chi connectivity index (χ0) is 14.7. The molecule has 1 heterocycles. The number of nitrogens with one attached hydrogen (secondary N) is 1. The number of aromatic nitrogens is 1. The molecule has 1 aromatic heterocycles. The Kier molecular flexibility index (Phi) is 4.46. The summed E-state index contributed by atoms with van der Waals surface area (Å²) < 4.78 is 13.4. The molecular weight excluding hydrogens is 279 g/mol. The number of aliphatic hydroxyl groups is 1. The minimum Gasteiger partial charge on any atom is -0.386 e. The maximum Gasteiger partial charge on any atom is 0.263 e. The standard InChI is InChI=1S/C14H15FN2O2S/c1-8-3-4-10(5-11(8)15)6-16-13(19)12-7-17-14(20-12)9(2)18/h3-5,7,9,18H,6H2,1-2H3,(H,16,19). The van der Waals surface area contributed by atoms with Gasteiger partial charge in [0.05, 0.1) is 6.20 Å². The Bertz CT molecular complexity index is 625. The number of carbonyl (C=O) groups excluding carboxylic acids is 1. The molecule has 0 spiro atoms. The van der Waals surface area contributed by atoms with Gasteiger partial charge < -0.3 is 10.4 Å². The first-order valence-corrected chi connectivity index (χ1v) is 6.96. The SMILES string of the molecule is Cc1ccc(CNC(=O)c2cnc(C(C)O)s2)cc1F. The van der Waals surface area contributed by atoms with Crippen LogP contribution in [0.1, 0.15) is 38.8 Å². The molecule has 1 unspecified atom stereocenters. The monoisotopic (exact) mass is 294 g/mol. The number of hydrogen-bond acceptors (Lipinski definition) is 4. The van der Waals surface area contributed by atoms with Crippen molar-refractivity contribution >= 4 is 17.2 Å². The first-order valence-electron chi connectivity index (χ1n) is 6.14. The van der Waals surface area contributed by atoms with Gasteiger partial charge in [-0.1, -0.05) is 12.1 Å². The van der Waals surface area contributed by atoms with Crippen molar-refractivity contribution in [3.8, 4) is 0 Å². The molecule has 0 saturated heterocycles.